The molecule has 0 amide bonds. The zero-order valence-electron chi connectivity index (χ0n) is 11.3. The SMILES string of the molecule is NCCN1CCc2ccc(Cl)cc21.O=C(O)/C=C/C(=O)O. The number of carboxylic acids is 2. The summed E-state index contributed by atoms with van der Waals surface area (Å²) < 4.78 is 0. The van der Waals surface area contributed by atoms with E-state index in [0.717, 1.165) is 24.5 Å². The molecule has 114 valence electrons. The molecule has 0 spiro atoms. The summed E-state index contributed by atoms with van der Waals surface area (Å²) in [6.45, 7) is 2.70. The average molecular weight is 313 g/mol. The molecule has 1 heterocycles. The largest absolute Gasteiger partial charge is 0.478 e. The van der Waals surface area contributed by atoms with Crippen molar-refractivity contribution >= 4 is 29.2 Å². The minimum atomic E-state index is -1.26. The van der Waals surface area contributed by atoms with E-state index >= 15 is 0 Å². The van der Waals surface area contributed by atoms with Gasteiger partial charge in [0.1, 0.15) is 0 Å². The number of benzene rings is 1. The number of halogens is 1. The Morgan fingerprint density at radius 2 is 1.90 bits per heavy atom. The lowest BCUT2D eigenvalue weighted by atomic mass is 10.2. The molecule has 0 unspecified atom stereocenters. The molecule has 0 atom stereocenters. The van der Waals surface area contributed by atoms with Crippen LogP contribution in [-0.4, -0.2) is 41.8 Å². The van der Waals surface area contributed by atoms with Crippen molar-refractivity contribution in [3.05, 3.63) is 40.9 Å². The molecule has 2 rings (SSSR count). The van der Waals surface area contributed by atoms with E-state index in [0.29, 0.717) is 18.7 Å². The van der Waals surface area contributed by atoms with Crippen LogP contribution in [0.4, 0.5) is 5.69 Å². The molecule has 0 saturated carbocycles. The van der Waals surface area contributed by atoms with Crippen molar-refractivity contribution in [2.24, 2.45) is 5.73 Å². The van der Waals surface area contributed by atoms with Crippen LogP contribution in [0.1, 0.15) is 5.56 Å². The summed E-state index contributed by atoms with van der Waals surface area (Å²) in [5, 5.41) is 16.4. The van der Waals surface area contributed by atoms with E-state index in [2.05, 4.69) is 11.0 Å². The standard InChI is InChI=1S/C10H13ClN2.C4H4O4/c11-9-2-1-8-3-5-13(6-4-12)10(8)7-9;5-3(6)1-2-4(7)8/h1-2,7H,3-6,12H2;1-2H,(H,5,6)(H,7,8)/b;2-1+. The van der Waals surface area contributed by atoms with Gasteiger partial charge >= 0.3 is 11.9 Å². The summed E-state index contributed by atoms with van der Waals surface area (Å²) in [6.07, 6.45) is 2.23. The number of hydrogen-bond acceptors (Lipinski definition) is 4. The molecular formula is C14H17ClN2O4. The summed E-state index contributed by atoms with van der Waals surface area (Å²) in [5.74, 6) is -2.51. The van der Waals surface area contributed by atoms with Gasteiger partial charge in [0.25, 0.3) is 0 Å². The molecule has 1 aliphatic heterocycles. The molecule has 0 aromatic heterocycles. The monoisotopic (exact) mass is 312 g/mol. The van der Waals surface area contributed by atoms with Crippen LogP contribution >= 0.6 is 11.6 Å². The molecule has 1 aromatic carbocycles. The molecule has 1 aromatic rings. The second-order valence-corrected chi connectivity index (χ2v) is 4.75. The second-order valence-electron chi connectivity index (χ2n) is 4.31. The second kappa shape index (κ2) is 8.28. The van der Waals surface area contributed by atoms with Gasteiger partial charge < -0.3 is 20.8 Å². The van der Waals surface area contributed by atoms with Gasteiger partial charge in [-0.05, 0) is 24.1 Å². The van der Waals surface area contributed by atoms with Crippen LogP contribution in [-0.2, 0) is 16.0 Å². The molecule has 0 aliphatic carbocycles. The highest BCUT2D eigenvalue weighted by atomic mass is 35.5. The molecule has 1 aliphatic rings. The van der Waals surface area contributed by atoms with E-state index in [1.807, 2.05) is 12.1 Å². The summed E-state index contributed by atoms with van der Waals surface area (Å²) in [5.41, 5.74) is 8.18. The molecule has 0 fully saturated rings. The topological polar surface area (TPSA) is 104 Å². The van der Waals surface area contributed by atoms with E-state index < -0.39 is 11.9 Å². The lowest BCUT2D eigenvalue weighted by Gasteiger charge is -2.17. The molecular weight excluding hydrogens is 296 g/mol. The van der Waals surface area contributed by atoms with Crippen LogP contribution in [0.15, 0.2) is 30.4 Å². The number of aliphatic carboxylic acids is 2. The minimum Gasteiger partial charge on any atom is -0.478 e. The normalized spacial score (nSPS) is 12.8. The van der Waals surface area contributed by atoms with E-state index in [1.165, 1.54) is 11.3 Å². The van der Waals surface area contributed by atoms with Crippen molar-refractivity contribution in [2.75, 3.05) is 24.5 Å². The molecule has 6 nitrogen and oxygen atoms in total. The third kappa shape index (κ3) is 5.85. The lowest BCUT2D eigenvalue weighted by molar-refractivity contribution is -0.134. The van der Waals surface area contributed by atoms with Crippen LogP contribution in [0, 0.1) is 0 Å². The Morgan fingerprint density at radius 1 is 1.29 bits per heavy atom. The minimum absolute atomic E-state index is 0.558. The fourth-order valence-electron chi connectivity index (χ4n) is 1.95. The third-order valence-corrected chi connectivity index (χ3v) is 3.04. The van der Waals surface area contributed by atoms with E-state index in [-0.39, 0.29) is 0 Å². The lowest BCUT2D eigenvalue weighted by Crippen LogP contribution is -2.27. The molecule has 4 N–H and O–H groups in total. The predicted molar refractivity (Wildman–Crippen MR) is 80.8 cm³/mol. The van der Waals surface area contributed by atoms with Crippen LogP contribution in [0.5, 0.6) is 0 Å². The number of rotatable bonds is 4. The Hall–Kier alpha value is -2.05. The number of anilines is 1. The number of nitrogens with zero attached hydrogens (tertiary/aromatic N) is 1. The molecule has 21 heavy (non-hydrogen) atoms. The predicted octanol–water partition coefficient (Wildman–Crippen LogP) is 1.37. The molecule has 0 saturated heterocycles. The van der Waals surface area contributed by atoms with Crippen molar-refractivity contribution in [1.82, 2.24) is 0 Å². The first-order chi connectivity index (χ1) is 9.93. The third-order valence-electron chi connectivity index (χ3n) is 2.81. The fraction of sp³-hybridized carbons (Fsp3) is 0.286. The molecule has 0 bridgehead atoms. The van der Waals surface area contributed by atoms with Gasteiger partial charge in [-0.25, -0.2) is 9.59 Å². The zero-order valence-corrected chi connectivity index (χ0v) is 12.1. The first-order valence-corrected chi connectivity index (χ1v) is 6.69. The summed E-state index contributed by atoms with van der Waals surface area (Å²) in [4.78, 5) is 21.4. The highest BCUT2D eigenvalue weighted by Crippen LogP contribution is 2.30. The summed E-state index contributed by atoms with van der Waals surface area (Å²) in [7, 11) is 0. The Labute approximate surface area is 127 Å². The van der Waals surface area contributed by atoms with Gasteiger partial charge in [0.15, 0.2) is 0 Å². The van der Waals surface area contributed by atoms with Gasteiger partial charge in [-0.15, -0.1) is 0 Å². The van der Waals surface area contributed by atoms with Crippen molar-refractivity contribution < 1.29 is 19.8 Å². The van der Waals surface area contributed by atoms with E-state index in [1.54, 1.807) is 0 Å². The fourth-order valence-corrected chi connectivity index (χ4v) is 2.12. The van der Waals surface area contributed by atoms with Crippen molar-refractivity contribution in [3.63, 3.8) is 0 Å². The smallest absolute Gasteiger partial charge is 0.328 e. The number of nitrogens with two attached hydrogens (primary N) is 1. The van der Waals surface area contributed by atoms with Gasteiger partial charge in [0.05, 0.1) is 0 Å². The number of carboxylic acid groups (broad SMARTS) is 2. The number of carbonyl (C=O) groups is 2. The maximum Gasteiger partial charge on any atom is 0.328 e. The van der Waals surface area contributed by atoms with Crippen LogP contribution in [0.3, 0.4) is 0 Å². The summed E-state index contributed by atoms with van der Waals surface area (Å²) in [6, 6.07) is 6.08. The van der Waals surface area contributed by atoms with Gasteiger partial charge in [0, 0.05) is 42.5 Å². The van der Waals surface area contributed by atoms with Gasteiger partial charge in [0.2, 0.25) is 0 Å². The Balaban J connectivity index is 0.000000240. The average Bonchev–Trinajstić information content (AvgIpc) is 2.80. The number of fused-ring (bicyclic) bond motifs is 1. The highest BCUT2D eigenvalue weighted by molar-refractivity contribution is 6.30. The van der Waals surface area contributed by atoms with Crippen molar-refractivity contribution in [1.29, 1.82) is 0 Å². The highest BCUT2D eigenvalue weighted by Gasteiger charge is 2.17. The maximum atomic E-state index is 9.55. The molecule has 0 radical (unpaired) electrons. The van der Waals surface area contributed by atoms with E-state index in [9.17, 15) is 9.59 Å². The molecule has 7 heteroatoms. The Morgan fingerprint density at radius 3 is 2.43 bits per heavy atom. The summed E-state index contributed by atoms with van der Waals surface area (Å²) >= 11 is 5.93. The van der Waals surface area contributed by atoms with Crippen LogP contribution in [0.25, 0.3) is 0 Å². The van der Waals surface area contributed by atoms with Crippen LogP contribution < -0.4 is 10.6 Å². The van der Waals surface area contributed by atoms with Crippen molar-refractivity contribution in [2.45, 2.75) is 6.42 Å². The first-order valence-electron chi connectivity index (χ1n) is 6.31. The van der Waals surface area contributed by atoms with Gasteiger partial charge in [-0.1, -0.05) is 17.7 Å². The number of hydrogen-bond donors (Lipinski definition) is 3. The maximum absolute atomic E-state index is 9.55. The Bertz CT molecular complexity index is 528. The quantitative estimate of drug-likeness (QED) is 0.725. The van der Waals surface area contributed by atoms with E-state index in [4.69, 9.17) is 27.5 Å². The van der Waals surface area contributed by atoms with Crippen molar-refractivity contribution in [3.8, 4) is 0 Å². The van der Waals surface area contributed by atoms with Gasteiger partial charge in [-0.3, -0.25) is 0 Å². The van der Waals surface area contributed by atoms with Gasteiger partial charge in [-0.2, -0.15) is 0 Å². The zero-order chi connectivity index (χ0) is 15.8. The van der Waals surface area contributed by atoms with Crippen LogP contribution in [0.2, 0.25) is 5.02 Å². The first kappa shape index (κ1) is 17.0. The Kier molecular flexibility index (Phi) is 6.71.